The molecule has 1 aromatic heterocycles. The quantitative estimate of drug-likeness (QED) is 0.150. The molecule has 0 bridgehead atoms. The van der Waals surface area contributed by atoms with Crippen LogP contribution < -0.4 is 4.74 Å². The van der Waals surface area contributed by atoms with Crippen LogP contribution in [0.2, 0.25) is 0 Å². The second kappa shape index (κ2) is 15.9. The van der Waals surface area contributed by atoms with Crippen LogP contribution in [-0.2, 0) is 12.8 Å². The lowest BCUT2D eigenvalue weighted by Crippen LogP contribution is -2.09. The molecule has 4 nitrogen and oxygen atoms in total. The average Bonchev–Trinajstić information content (AvgIpc) is 2.91. The van der Waals surface area contributed by atoms with E-state index in [-0.39, 0.29) is 5.97 Å². The molecule has 0 spiro atoms. The van der Waals surface area contributed by atoms with Gasteiger partial charge < -0.3 is 4.74 Å². The molecule has 0 saturated heterocycles. The van der Waals surface area contributed by atoms with Gasteiger partial charge in [0.15, 0.2) is 11.6 Å². The van der Waals surface area contributed by atoms with Crippen molar-refractivity contribution in [2.45, 2.75) is 97.3 Å². The van der Waals surface area contributed by atoms with Crippen molar-refractivity contribution in [3.8, 4) is 17.1 Å². The Morgan fingerprint density at radius 2 is 1.11 bits per heavy atom. The summed E-state index contributed by atoms with van der Waals surface area (Å²) < 4.78 is 5.49. The fourth-order valence-corrected chi connectivity index (χ4v) is 4.35. The van der Waals surface area contributed by atoms with E-state index < -0.39 is 0 Å². The van der Waals surface area contributed by atoms with Gasteiger partial charge in [-0.3, -0.25) is 0 Å². The van der Waals surface area contributed by atoms with Gasteiger partial charge in [0.2, 0.25) is 0 Å². The smallest absolute Gasteiger partial charge is 0.343 e. The standard InChI is InChI=1S/C32H42N2O2/c1-3-5-7-8-9-10-11-13-15-27-18-22-29(23-19-27)32(35)36-30-24-33-31(34-25-30)28-20-16-26(17-21-28)14-12-6-4-2/h16-25H,3-15H2,1-2H3. The van der Waals surface area contributed by atoms with E-state index in [9.17, 15) is 4.79 Å². The molecule has 0 atom stereocenters. The number of hydrogen-bond acceptors (Lipinski definition) is 4. The molecule has 3 rings (SSSR count). The number of aryl methyl sites for hydroxylation is 2. The van der Waals surface area contributed by atoms with Gasteiger partial charge in [-0.1, -0.05) is 108 Å². The van der Waals surface area contributed by atoms with Gasteiger partial charge in [0, 0.05) is 5.56 Å². The van der Waals surface area contributed by atoms with Gasteiger partial charge in [0.1, 0.15) is 0 Å². The Bertz CT molecular complexity index is 1010. The number of unbranched alkanes of at least 4 members (excludes halogenated alkanes) is 9. The summed E-state index contributed by atoms with van der Waals surface area (Å²) in [6.07, 6.45) is 19.5. The van der Waals surface area contributed by atoms with Crippen LogP contribution in [0.1, 0.15) is 106 Å². The van der Waals surface area contributed by atoms with E-state index in [0.717, 1.165) is 18.4 Å². The van der Waals surface area contributed by atoms with Crippen LogP contribution in [0.4, 0.5) is 0 Å². The third-order valence-corrected chi connectivity index (χ3v) is 6.63. The maximum absolute atomic E-state index is 12.6. The lowest BCUT2D eigenvalue weighted by atomic mass is 10.0. The molecule has 2 aromatic carbocycles. The van der Waals surface area contributed by atoms with Gasteiger partial charge in [0.25, 0.3) is 0 Å². The third kappa shape index (κ3) is 9.56. The molecule has 0 aliphatic rings. The Kier molecular flexibility index (Phi) is 12.2. The number of benzene rings is 2. The van der Waals surface area contributed by atoms with Crippen molar-refractivity contribution in [3.63, 3.8) is 0 Å². The molecule has 192 valence electrons. The monoisotopic (exact) mass is 486 g/mol. The molecule has 0 amide bonds. The molecular formula is C32H42N2O2. The minimum absolute atomic E-state index is 0.350. The first-order chi connectivity index (χ1) is 17.7. The highest BCUT2D eigenvalue weighted by Gasteiger charge is 2.10. The number of esters is 1. The van der Waals surface area contributed by atoms with Gasteiger partial charge in [-0.2, -0.15) is 0 Å². The molecular weight excluding hydrogens is 444 g/mol. The van der Waals surface area contributed by atoms with Crippen molar-refractivity contribution in [2.75, 3.05) is 0 Å². The summed E-state index contributed by atoms with van der Waals surface area (Å²) in [5.74, 6) is 0.588. The summed E-state index contributed by atoms with van der Waals surface area (Å²) in [6, 6.07) is 16.1. The van der Waals surface area contributed by atoms with Crippen LogP contribution in [0.25, 0.3) is 11.4 Å². The second-order valence-electron chi connectivity index (χ2n) is 9.71. The van der Waals surface area contributed by atoms with Gasteiger partial charge in [0.05, 0.1) is 18.0 Å². The number of nitrogens with zero attached hydrogens (tertiary/aromatic N) is 2. The number of carbonyl (C=O) groups excluding carboxylic acids is 1. The topological polar surface area (TPSA) is 52.1 Å². The summed E-state index contributed by atoms with van der Waals surface area (Å²) in [7, 11) is 0. The first-order valence-corrected chi connectivity index (χ1v) is 13.9. The first-order valence-electron chi connectivity index (χ1n) is 13.9. The summed E-state index contributed by atoms with van der Waals surface area (Å²) in [5.41, 5.74) is 4.10. The number of aromatic nitrogens is 2. The minimum atomic E-state index is -0.388. The van der Waals surface area contributed by atoms with E-state index >= 15 is 0 Å². The fourth-order valence-electron chi connectivity index (χ4n) is 4.35. The Labute approximate surface area is 217 Å². The molecule has 1 heterocycles. The summed E-state index contributed by atoms with van der Waals surface area (Å²) in [4.78, 5) is 21.3. The Hall–Kier alpha value is -3.01. The van der Waals surface area contributed by atoms with Crippen molar-refractivity contribution in [2.24, 2.45) is 0 Å². The molecule has 0 fully saturated rings. The maximum Gasteiger partial charge on any atom is 0.343 e. The van der Waals surface area contributed by atoms with E-state index in [1.54, 1.807) is 12.4 Å². The van der Waals surface area contributed by atoms with Crippen LogP contribution >= 0.6 is 0 Å². The normalized spacial score (nSPS) is 10.9. The van der Waals surface area contributed by atoms with Crippen molar-refractivity contribution < 1.29 is 9.53 Å². The molecule has 0 saturated carbocycles. The number of ether oxygens (including phenoxy) is 1. The van der Waals surface area contributed by atoms with E-state index in [0.29, 0.717) is 17.1 Å². The molecule has 36 heavy (non-hydrogen) atoms. The van der Waals surface area contributed by atoms with Crippen molar-refractivity contribution in [3.05, 3.63) is 77.6 Å². The zero-order chi connectivity index (χ0) is 25.4. The Morgan fingerprint density at radius 3 is 1.69 bits per heavy atom. The van der Waals surface area contributed by atoms with E-state index in [4.69, 9.17) is 4.74 Å². The number of carbonyl (C=O) groups is 1. The van der Waals surface area contributed by atoms with Crippen molar-refractivity contribution >= 4 is 5.97 Å². The molecule has 3 aromatic rings. The maximum atomic E-state index is 12.6. The second-order valence-corrected chi connectivity index (χ2v) is 9.71. The Morgan fingerprint density at radius 1 is 0.639 bits per heavy atom. The summed E-state index contributed by atoms with van der Waals surface area (Å²) in [5, 5.41) is 0. The SMILES string of the molecule is CCCCCCCCCCc1ccc(C(=O)Oc2cnc(-c3ccc(CCCCC)cc3)nc2)cc1. The molecule has 0 unspecified atom stereocenters. The molecule has 0 N–H and O–H groups in total. The lowest BCUT2D eigenvalue weighted by molar-refractivity contribution is 0.0733. The van der Waals surface area contributed by atoms with Crippen molar-refractivity contribution in [1.82, 2.24) is 9.97 Å². The highest BCUT2D eigenvalue weighted by Crippen LogP contribution is 2.19. The van der Waals surface area contributed by atoms with E-state index in [1.165, 1.54) is 81.8 Å². The first kappa shape index (κ1) is 27.6. The van der Waals surface area contributed by atoms with Gasteiger partial charge in [-0.15, -0.1) is 0 Å². The third-order valence-electron chi connectivity index (χ3n) is 6.63. The van der Waals surface area contributed by atoms with Gasteiger partial charge >= 0.3 is 5.97 Å². The Balaban J connectivity index is 1.42. The van der Waals surface area contributed by atoms with Crippen LogP contribution in [0, 0.1) is 0 Å². The van der Waals surface area contributed by atoms with Crippen LogP contribution in [0.15, 0.2) is 60.9 Å². The van der Waals surface area contributed by atoms with E-state index in [1.807, 2.05) is 24.3 Å². The fraction of sp³-hybridized carbons (Fsp3) is 0.469. The molecule has 0 radical (unpaired) electrons. The lowest BCUT2D eigenvalue weighted by Gasteiger charge is -2.07. The molecule has 0 aliphatic heterocycles. The van der Waals surface area contributed by atoms with E-state index in [2.05, 4.69) is 48.1 Å². The van der Waals surface area contributed by atoms with Crippen LogP contribution in [0.5, 0.6) is 5.75 Å². The predicted molar refractivity (Wildman–Crippen MR) is 148 cm³/mol. The minimum Gasteiger partial charge on any atom is -0.420 e. The van der Waals surface area contributed by atoms with Gasteiger partial charge in [-0.05, 0) is 48.9 Å². The number of hydrogen-bond donors (Lipinski definition) is 0. The van der Waals surface area contributed by atoms with Crippen molar-refractivity contribution in [1.29, 1.82) is 0 Å². The zero-order valence-electron chi connectivity index (χ0n) is 22.2. The average molecular weight is 487 g/mol. The molecule has 0 aliphatic carbocycles. The summed E-state index contributed by atoms with van der Waals surface area (Å²) >= 11 is 0. The number of rotatable bonds is 16. The highest BCUT2D eigenvalue weighted by atomic mass is 16.5. The zero-order valence-corrected chi connectivity index (χ0v) is 22.2. The largest absolute Gasteiger partial charge is 0.420 e. The van der Waals surface area contributed by atoms with Crippen LogP contribution in [-0.4, -0.2) is 15.9 Å². The molecule has 4 heteroatoms. The van der Waals surface area contributed by atoms with Gasteiger partial charge in [-0.25, -0.2) is 14.8 Å². The highest BCUT2D eigenvalue weighted by molar-refractivity contribution is 5.91. The predicted octanol–water partition coefficient (Wildman–Crippen LogP) is 8.78. The summed E-state index contributed by atoms with van der Waals surface area (Å²) in [6.45, 7) is 4.47. The van der Waals surface area contributed by atoms with Crippen LogP contribution in [0.3, 0.4) is 0 Å².